The third-order valence-corrected chi connectivity index (χ3v) is 2.56. The fourth-order valence-electron chi connectivity index (χ4n) is 1.65. The molecule has 2 rings (SSSR count). The smallest absolute Gasteiger partial charge is 0.188 e. The van der Waals surface area contributed by atoms with Crippen molar-refractivity contribution >= 4 is 0 Å². The van der Waals surface area contributed by atoms with Crippen molar-refractivity contribution in [3.8, 4) is 5.75 Å². The van der Waals surface area contributed by atoms with Crippen molar-refractivity contribution in [2.45, 2.75) is 13.0 Å². The zero-order chi connectivity index (χ0) is 12.8. The molecule has 0 bridgehead atoms. The van der Waals surface area contributed by atoms with Crippen LogP contribution in [-0.2, 0) is 20.0 Å². The molecule has 6 heteroatoms. The standard InChI is InChI=1S/C12H17N5O/c1-17-15-12(14-16-17)9-13-7-6-10-4-3-5-11(8-10)18-2/h3-5,8,13H,6-7,9H2,1-2H3. The van der Waals surface area contributed by atoms with Gasteiger partial charge in [0.2, 0.25) is 0 Å². The Bertz CT molecular complexity index is 497. The number of hydrogen-bond acceptors (Lipinski definition) is 5. The quantitative estimate of drug-likeness (QED) is 0.755. The lowest BCUT2D eigenvalue weighted by Crippen LogP contribution is -2.17. The second-order valence-corrected chi connectivity index (χ2v) is 3.97. The fraction of sp³-hybridized carbons (Fsp3) is 0.417. The van der Waals surface area contributed by atoms with Gasteiger partial charge in [0, 0.05) is 0 Å². The average Bonchev–Trinajstić information content (AvgIpc) is 2.81. The highest BCUT2D eigenvalue weighted by Crippen LogP contribution is 2.12. The number of rotatable bonds is 6. The Morgan fingerprint density at radius 1 is 1.39 bits per heavy atom. The molecule has 0 spiro atoms. The molecule has 0 radical (unpaired) electrons. The molecule has 0 saturated heterocycles. The predicted octanol–water partition coefficient (Wildman–Crippen LogP) is 0.551. The number of hydrogen-bond donors (Lipinski definition) is 1. The van der Waals surface area contributed by atoms with Gasteiger partial charge in [-0.2, -0.15) is 4.80 Å². The Morgan fingerprint density at radius 2 is 2.28 bits per heavy atom. The lowest BCUT2D eigenvalue weighted by Gasteiger charge is -2.04. The van der Waals surface area contributed by atoms with Crippen LogP contribution in [0.3, 0.4) is 0 Å². The normalized spacial score (nSPS) is 10.6. The first-order valence-electron chi connectivity index (χ1n) is 5.84. The van der Waals surface area contributed by atoms with Crippen molar-refractivity contribution in [2.75, 3.05) is 13.7 Å². The summed E-state index contributed by atoms with van der Waals surface area (Å²) < 4.78 is 5.18. The molecular formula is C12H17N5O. The average molecular weight is 247 g/mol. The van der Waals surface area contributed by atoms with Crippen LogP contribution in [0.15, 0.2) is 24.3 Å². The highest BCUT2D eigenvalue weighted by Gasteiger charge is 2.00. The van der Waals surface area contributed by atoms with Gasteiger partial charge < -0.3 is 10.1 Å². The van der Waals surface area contributed by atoms with Crippen LogP contribution < -0.4 is 10.1 Å². The SMILES string of the molecule is COc1cccc(CCNCc2nnn(C)n2)c1. The molecule has 1 aromatic carbocycles. The molecular weight excluding hydrogens is 230 g/mol. The van der Waals surface area contributed by atoms with Crippen LogP contribution in [0.25, 0.3) is 0 Å². The van der Waals surface area contributed by atoms with E-state index < -0.39 is 0 Å². The number of nitrogens with zero attached hydrogens (tertiary/aromatic N) is 4. The topological polar surface area (TPSA) is 64.9 Å². The van der Waals surface area contributed by atoms with E-state index in [1.807, 2.05) is 18.2 Å². The van der Waals surface area contributed by atoms with E-state index in [0.29, 0.717) is 12.4 Å². The van der Waals surface area contributed by atoms with E-state index in [-0.39, 0.29) is 0 Å². The van der Waals surface area contributed by atoms with E-state index in [9.17, 15) is 0 Å². The summed E-state index contributed by atoms with van der Waals surface area (Å²) in [4.78, 5) is 1.46. The zero-order valence-electron chi connectivity index (χ0n) is 10.6. The molecule has 0 saturated carbocycles. The number of benzene rings is 1. The Kier molecular flexibility index (Phi) is 4.25. The van der Waals surface area contributed by atoms with Crippen LogP contribution in [-0.4, -0.2) is 33.9 Å². The molecule has 1 N–H and O–H groups in total. The second-order valence-electron chi connectivity index (χ2n) is 3.97. The molecule has 2 aromatic rings. The number of ether oxygens (including phenoxy) is 1. The van der Waals surface area contributed by atoms with Crippen LogP contribution in [0.1, 0.15) is 11.4 Å². The van der Waals surface area contributed by atoms with Crippen LogP contribution in [0.4, 0.5) is 0 Å². The van der Waals surface area contributed by atoms with E-state index in [4.69, 9.17) is 4.74 Å². The highest BCUT2D eigenvalue weighted by molar-refractivity contribution is 5.28. The first kappa shape index (κ1) is 12.5. The first-order chi connectivity index (χ1) is 8.78. The molecule has 96 valence electrons. The summed E-state index contributed by atoms with van der Waals surface area (Å²) in [5, 5.41) is 15.1. The number of aryl methyl sites for hydroxylation is 1. The molecule has 0 unspecified atom stereocenters. The summed E-state index contributed by atoms with van der Waals surface area (Å²) >= 11 is 0. The van der Waals surface area contributed by atoms with Crippen LogP contribution in [0, 0.1) is 0 Å². The van der Waals surface area contributed by atoms with Crippen LogP contribution in [0.5, 0.6) is 5.75 Å². The third kappa shape index (κ3) is 3.53. The largest absolute Gasteiger partial charge is 0.497 e. The maximum Gasteiger partial charge on any atom is 0.188 e. The molecule has 1 heterocycles. The lowest BCUT2D eigenvalue weighted by molar-refractivity contribution is 0.414. The summed E-state index contributed by atoms with van der Waals surface area (Å²) in [6.07, 6.45) is 0.942. The van der Waals surface area contributed by atoms with Crippen molar-refractivity contribution in [3.63, 3.8) is 0 Å². The highest BCUT2D eigenvalue weighted by atomic mass is 16.5. The molecule has 18 heavy (non-hydrogen) atoms. The van der Waals surface area contributed by atoms with Gasteiger partial charge in [-0.1, -0.05) is 12.1 Å². The monoisotopic (exact) mass is 247 g/mol. The number of methoxy groups -OCH3 is 1. The van der Waals surface area contributed by atoms with Crippen LogP contribution in [0.2, 0.25) is 0 Å². The van der Waals surface area contributed by atoms with Crippen molar-refractivity contribution in [1.82, 2.24) is 25.5 Å². The van der Waals surface area contributed by atoms with Crippen molar-refractivity contribution < 1.29 is 4.74 Å². The van der Waals surface area contributed by atoms with E-state index in [1.165, 1.54) is 10.4 Å². The van der Waals surface area contributed by atoms with Crippen molar-refractivity contribution in [1.29, 1.82) is 0 Å². The van der Waals surface area contributed by atoms with Gasteiger partial charge in [-0.3, -0.25) is 0 Å². The minimum Gasteiger partial charge on any atom is -0.497 e. The van der Waals surface area contributed by atoms with Crippen LogP contribution >= 0.6 is 0 Å². The van der Waals surface area contributed by atoms with E-state index in [1.54, 1.807) is 14.2 Å². The first-order valence-corrected chi connectivity index (χ1v) is 5.84. The van der Waals surface area contributed by atoms with Crippen molar-refractivity contribution in [3.05, 3.63) is 35.7 Å². The minimum atomic E-state index is 0.637. The van der Waals surface area contributed by atoms with Gasteiger partial charge in [0.25, 0.3) is 0 Å². The number of nitrogens with one attached hydrogen (secondary N) is 1. The summed E-state index contributed by atoms with van der Waals surface area (Å²) in [5.41, 5.74) is 1.24. The molecule has 0 aliphatic carbocycles. The Balaban J connectivity index is 1.74. The van der Waals surface area contributed by atoms with Gasteiger partial charge >= 0.3 is 0 Å². The van der Waals surface area contributed by atoms with E-state index in [0.717, 1.165) is 18.7 Å². The van der Waals surface area contributed by atoms with Gasteiger partial charge in [-0.15, -0.1) is 10.2 Å². The zero-order valence-corrected chi connectivity index (χ0v) is 10.6. The van der Waals surface area contributed by atoms with Gasteiger partial charge in [-0.25, -0.2) is 0 Å². The summed E-state index contributed by atoms with van der Waals surface area (Å²) in [6, 6.07) is 8.08. The van der Waals surface area contributed by atoms with Gasteiger partial charge in [-0.05, 0) is 35.9 Å². The van der Waals surface area contributed by atoms with E-state index >= 15 is 0 Å². The molecule has 0 fully saturated rings. The maximum atomic E-state index is 5.18. The van der Waals surface area contributed by atoms with E-state index in [2.05, 4.69) is 26.8 Å². The minimum absolute atomic E-state index is 0.637. The fourth-order valence-corrected chi connectivity index (χ4v) is 1.65. The molecule has 0 aliphatic rings. The Hall–Kier alpha value is -1.95. The number of tetrazole rings is 1. The molecule has 0 amide bonds. The number of aromatic nitrogens is 4. The lowest BCUT2D eigenvalue weighted by atomic mass is 10.1. The molecule has 1 aromatic heterocycles. The Morgan fingerprint density at radius 3 is 3.00 bits per heavy atom. The maximum absolute atomic E-state index is 5.18. The second kappa shape index (κ2) is 6.11. The summed E-state index contributed by atoms with van der Waals surface area (Å²) in [5.74, 6) is 1.60. The predicted molar refractivity (Wildman–Crippen MR) is 67.2 cm³/mol. The van der Waals surface area contributed by atoms with Gasteiger partial charge in [0.15, 0.2) is 5.82 Å². The van der Waals surface area contributed by atoms with Gasteiger partial charge in [0.1, 0.15) is 5.75 Å². The summed E-state index contributed by atoms with van der Waals surface area (Å²) in [7, 11) is 3.43. The van der Waals surface area contributed by atoms with Crippen molar-refractivity contribution in [2.24, 2.45) is 7.05 Å². The van der Waals surface area contributed by atoms with Gasteiger partial charge in [0.05, 0.1) is 20.7 Å². The Labute approximate surface area is 106 Å². The summed E-state index contributed by atoms with van der Waals surface area (Å²) in [6.45, 7) is 1.50. The molecule has 0 aliphatic heterocycles. The third-order valence-electron chi connectivity index (χ3n) is 2.56. The molecule has 0 atom stereocenters. The molecule has 6 nitrogen and oxygen atoms in total.